The van der Waals surface area contributed by atoms with Gasteiger partial charge in [-0.2, -0.15) is 0 Å². The van der Waals surface area contributed by atoms with E-state index in [1.165, 1.54) is 12.4 Å². The number of hydrogen-bond donors (Lipinski definition) is 1. The van der Waals surface area contributed by atoms with Crippen molar-refractivity contribution in [1.82, 2.24) is 9.97 Å². The third-order valence-corrected chi connectivity index (χ3v) is 2.78. The van der Waals surface area contributed by atoms with Crippen LogP contribution >= 0.6 is 0 Å². The molecular weight excluding hydrogens is 272 g/mol. The zero-order chi connectivity index (χ0) is 15.2. The van der Waals surface area contributed by atoms with E-state index in [1.807, 2.05) is 13.0 Å². The van der Waals surface area contributed by atoms with E-state index in [1.54, 1.807) is 19.2 Å². The molecule has 0 amide bonds. The molecule has 1 aromatic carbocycles. The Balaban J connectivity index is 2.29. The molecule has 6 nitrogen and oxygen atoms in total. The monoisotopic (exact) mass is 288 g/mol. The molecule has 0 aliphatic heterocycles. The van der Waals surface area contributed by atoms with E-state index in [2.05, 4.69) is 9.97 Å². The van der Waals surface area contributed by atoms with Gasteiger partial charge in [-0.25, -0.2) is 14.8 Å². The molecule has 0 spiro atoms. The van der Waals surface area contributed by atoms with E-state index < -0.39 is 5.97 Å². The van der Waals surface area contributed by atoms with Gasteiger partial charge >= 0.3 is 5.97 Å². The van der Waals surface area contributed by atoms with E-state index >= 15 is 0 Å². The lowest BCUT2D eigenvalue weighted by atomic mass is 10.2. The lowest BCUT2D eigenvalue weighted by Gasteiger charge is -2.11. The molecule has 0 unspecified atom stereocenters. The van der Waals surface area contributed by atoms with Crippen LogP contribution in [-0.4, -0.2) is 34.8 Å². The molecule has 1 N–H and O–H groups in total. The Morgan fingerprint density at radius 2 is 1.95 bits per heavy atom. The van der Waals surface area contributed by atoms with Crippen LogP contribution in [-0.2, 0) is 0 Å². The maximum absolute atomic E-state index is 10.8. The molecule has 2 rings (SSSR count). The van der Waals surface area contributed by atoms with Crippen molar-refractivity contribution in [2.45, 2.75) is 13.3 Å². The van der Waals surface area contributed by atoms with Gasteiger partial charge in [0, 0.05) is 18.0 Å². The summed E-state index contributed by atoms with van der Waals surface area (Å²) in [4.78, 5) is 18.9. The van der Waals surface area contributed by atoms with Crippen molar-refractivity contribution in [3.05, 3.63) is 36.2 Å². The van der Waals surface area contributed by atoms with Crippen LogP contribution in [0.3, 0.4) is 0 Å². The molecule has 0 atom stereocenters. The fraction of sp³-hybridized carbons (Fsp3) is 0.267. The molecule has 0 bridgehead atoms. The number of carbonyl (C=O) groups is 1. The number of ether oxygens (including phenoxy) is 2. The number of benzene rings is 1. The average Bonchev–Trinajstić information content (AvgIpc) is 2.52. The first-order valence-electron chi connectivity index (χ1n) is 6.52. The number of methoxy groups -OCH3 is 1. The van der Waals surface area contributed by atoms with Crippen molar-refractivity contribution in [2.24, 2.45) is 0 Å². The van der Waals surface area contributed by atoms with Gasteiger partial charge < -0.3 is 14.6 Å². The summed E-state index contributed by atoms with van der Waals surface area (Å²) in [5.74, 6) is 0.625. The number of aromatic carboxylic acids is 1. The van der Waals surface area contributed by atoms with Crippen LogP contribution in [0.25, 0.3) is 11.4 Å². The molecule has 0 saturated carbocycles. The molecule has 2 aromatic rings. The second-order valence-electron chi connectivity index (χ2n) is 4.31. The van der Waals surface area contributed by atoms with Crippen LogP contribution in [0.1, 0.15) is 23.7 Å². The van der Waals surface area contributed by atoms with E-state index in [0.717, 1.165) is 12.0 Å². The normalized spacial score (nSPS) is 10.2. The second kappa shape index (κ2) is 6.69. The number of rotatable bonds is 6. The zero-order valence-corrected chi connectivity index (χ0v) is 11.9. The minimum atomic E-state index is -1.05. The van der Waals surface area contributed by atoms with Gasteiger partial charge in [0.2, 0.25) is 0 Å². The van der Waals surface area contributed by atoms with Crippen LogP contribution in [0.15, 0.2) is 30.6 Å². The van der Waals surface area contributed by atoms with Crippen molar-refractivity contribution < 1.29 is 19.4 Å². The van der Waals surface area contributed by atoms with E-state index in [9.17, 15) is 4.79 Å². The van der Waals surface area contributed by atoms with Gasteiger partial charge in [0.15, 0.2) is 17.3 Å². The highest BCUT2D eigenvalue weighted by atomic mass is 16.5. The summed E-state index contributed by atoms with van der Waals surface area (Å²) in [5.41, 5.74) is 0.779. The van der Waals surface area contributed by atoms with Crippen LogP contribution in [0.4, 0.5) is 0 Å². The summed E-state index contributed by atoms with van der Waals surface area (Å²) in [6.07, 6.45) is 3.46. The molecular formula is C15H16N2O4. The van der Waals surface area contributed by atoms with Gasteiger partial charge in [-0.05, 0) is 24.6 Å². The number of hydrogen-bond acceptors (Lipinski definition) is 5. The summed E-state index contributed by atoms with van der Waals surface area (Å²) in [6, 6.07) is 5.36. The lowest BCUT2D eigenvalue weighted by molar-refractivity contribution is 0.0696. The predicted molar refractivity (Wildman–Crippen MR) is 76.8 cm³/mol. The summed E-state index contributed by atoms with van der Waals surface area (Å²) in [5, 5.41) is 8.83. The number of carboxylic acid groups (broad SMARTS) is 1. The lowest BCUT2D eigenvalue weighted by Crippen LogP contribution is -2.00. The van der Waals surface area contributed by atoms with Crippen molar-refractivity contribution in [2.75, 3.05) is 13.7 Å². The van der Waals surface area contributed by atoms with Gasteiger partial charge in [0.25, 0.3) is 0 Å². The first-order chi connectivity index (χ1) is 10.2. The summed E-state index contributed by atoms with van der Waals surface area (Å²) >= 11 is 0. The Labute approximate surface area is 122 Å². The van der Waals surface area contributed by atoms with Gasteiger partial charge in [-0.1, -0.05) is 6.92 Å². The highest BCUT2D eigenvalue weighted by Gasteiger charge is 2.10. The molecule has 1 heterocycles. The summed E-state index contributed by atoms with van der Waals surface area (Å²) < 4.78 is 10.9. The van der Waals surface area contributed by atoms with Gasteiger partial charge in [0.1, 0.15) is 0 Å². The van der Waals surface area contributed by atoms with Gasteiger partial charge in [0.05, 0.1) is 19.3 Å². The SMILES string of the molecule is CCCOc1ccc(-c2ncc(C(=O)O)cn2)cc1OC. The van der Waals surface area contributed by atoms with Gasteiger partial charge in [-0.15, -0.1) is 0 Å². The molecule has 0 fully saturated rings. The maximum Gasteiger partial charge on any atom is 0.338 e. The molecule has 6 heteroatoms. The van der Waals surface area contributed by atoms with E-state index in [0.29, 0.717) is 23.9 Å². The van der Waals surface area contributed by atoms with Crippen LogP contribution in [0.5, 0.6) is 11.5 Å². The van der Waals surface area contributed by atoms with E-state index in [-0.39, 0.29) is 5.56 Å². The third kappa shape index (κ3) is 3.47. The molecule has 21 heavy (non-hydrogen) atoms. The third-order valence-electron chi connectivity index (χ3n) is 2.78. The molecule has 0 aliphatic carbocycles. The largest absolute Gasteiger partial charge is 0.493 e. The quantitative estimate of drug-likeness (QED) is 0.880. The van der Waals surface area contributed by atoms with Crippen molar-refractivity contribution in [1.29, 1.82) is 0 Å². The smallest absolute Gasteiger partial charge is 0.338 e. The Morgan fingerprint density at radius 3 is 2.52 bits per heavy atom. The molecule has 1 aromatic heterocycles. The Morgan fingerprint density at radius 1 is 1.24 bits per heavy atom. The number of aromatic nitrogens is 2. The van der Waals surface area contributed by atoms with Crippen molar-refractivity contribution >= 4 is 5.97 Å². The summed E-state index contributed by atoms with van der Waals surface area (Å²) in [7, 11) is 1.56. The van der Waals surface area contributed by atoms with Crippen LogP contribution in [0, 0.1) is 0 Å². The highest BCUT2D eigenvalue weighted by molar-refractivity contribution is 5.86. The molecule has 0 aliphatic rings. The number of carboxylic acids is 1. The molecule has 0 saturated heterocycles. The maximum atomic E-state index is 10.8. The average molecular weight is 288 g/mol. The minimum absolute atomic E-state index is 0.0496. The fourth-order valence-corrected chi connectivity index (χ4v) is 1.73. The Kier molecular flexibility index (Phi) is 4.71. The Hall–Kier alpha value is -2.63. The van der Waals surface area contributed by atoms with Crippen LogP contribution in [0.2, 0.25) is 0 Å². The van der Waals surface area contributed by atoms with Crippen molar-refractivity contribution in [3.63, 3.8) is 0 Å². The van der Waals surface area contributed by atoms with E-state index in [4.69, 9.17) is 14.6 Å². The number of nitrogens with zero attached hydrogens (tertiary/aromatic N) is 2. The van der Waals surface area contributed by atoms with Gasteiger partial charge in [-0.3, -0.25) is 0 Å². The van der Waals surface area contributed by atoms with Crippen LogP contribution < -0.4 is 9.47 Å². The topological polar surface area (TPSA) is 81.5 Å². The second-order valence-corrected chi connectivity index (χ2v) is 4.31. The summed E-state index contributed by atoms with van der Waals surface area (Å²) in [6.45, 7) is 2.64. The first-order valence-corrected chi connectivity index (χ1v) is 6.52. The Bertz CT molecular complexity index is 626. The first kappa shape index (κ1) is 14.8. The predicted octanol–water partition coefficient (Wildman–Crippen LogP) is 2.64. The zero-order valence-electron chi connectivity index (χ0n) is 11.9. The standard InChI is InChI=1S/C15H16N2O4/c1-3-6-21-12-5-4-10(7-13(12)20-2)14-16-8-11(9-17-14)15(18)19/h4-5,7-9H,3,6H2,1-2H3,(H,18,19). The van der Waals surface area contributed by atoms with Crippen molar-refractivity contribution in [3.8, 4) is 22.9 Å². The molecule has 110 valence electrons. The molecule has 0 radical (unpaired) electrons. The highest BCUT2D eigenvalue weighted by Crippen LogP contribution is 2.31. The fourth-order valence-electron chi connectivity index (χ4n) is 1.73. The minimum Gasteiger partial charge on any atom is -0.493 e.